The van der Waals surface area contributed by atoms with Crippen molar-refractivity contribution in [2.75, 3.05) is 7.11 Å². The Hall–Kier alpha value is -2.02. The summed E-state index contributed by atoms with van der Waals surface area (Å²) in [6, 6.07) is 3.17. The fourth-order valence-corrected chi connectivity index (χ4v) is 2.30. The summed E-state index contributed by atoms with van der Waals surface area (Å²) >= 11 is 1.35. The zero-order valence-corrected chi connectivity index (χ0v) is 9.74. The zero-order valence-electron chi connectivity index (χ0n) is 8.93. The van der Waals surface area contributed by atoms with Crippen LogP contribution in [-0.4, -0.2) is 28.4 Å². The Labute approximate surface area is 100 Å². The number of amides is 1. The van der Waals surface area contributed by atoms with Gasteiger partial charge in [-0.15, -0.1) is 11.3 Å². The first-order chi connectivity index (χ1) is 8.10. The van der Waals surface area contributed by atoms with Crippen molar-refractivity contribution in [3.8, 4) is 11.5 Å². The van der Waals surface area contributed by atoms with Gasteiger partial charge in [-0.05, 0) is 0 Å². The molecule has 2 rings (SSSR count). The monoisotopic (exact) mass is 254 g/mol. The highest BCUT2D eigenvalue weighted by Crippen LogP contribution is 2.33. The van der Waals surface area contributed by atoms with E-state index in [4.69, 9.17) is 9.84 Å². The molecule has 1 aromatic heterocycles. The van der Waals surface area contributed by atoms with Crippen LogP contribution in [0, 0.1) is 0 Å². The smallest absolute Gasteiger partial charge is 0.405 e. The topological polar surface area (TPSA) is 91.7 Å². The van der Waals surface area contributed by atoms with Crippen molar-refractivity contribution in [3.63, 3.8) is 0 Å². The predicted molar refractivity (Wildman–Crippen MR) is 62.7 cm³/mol. The first kappa shape index (κ1) is 11.5. The second kappa shape index (κ2) is 4.46. The van der Waals surface area contributed by atoms with Crippen LogP contribution in [0.1, 0.15) is 5.01 Å². The van der Waals surface area contributed by atoms with Gasteiger partial charge in [0.25, 0.3) is 0 Å². The van der Waals surface area contributed by atoms with E-state index in [1.165, 1.54) is 24.5 Å². The van der Waals surface area contributed by atoms with Crippen molar-refractivity contribution in [1.82, 2.24) is 10.3 Å². The number of carbonyl (C=O) groups is 1. The second-order valence-corrected chi connectivity index (χ2v) is 4.37. The number of phenols is 1. The lowest BCUT2D eigenvalue weighted by Gasteiger charge is -2.01. The first-order valence-electron chi connectivity index (χ1n) is 4.73. The van der Waals surface area contributed by atoms with Gasteiger partial charge in [-0.3, -0.25) is 0 Å². The molecule has 0 atom stereocenters. The van der Waals surface area contributed by atoms with E-state index in [1.54, 1.807) is 6.07 Å². The van der Waals surface area contributed by atoms with E-state index in [-0.39, 0.29) is 12.3 Å². The van der Waals surface area contributed by atoms with E-state index >= 15 is 0 Å². The zero-order chi connectivity index (χ0) is 12.4. The Morgan fingerprint density at radius 3 is 3.00 bits per heavy atom. The minimum absolute atomic E-state index is 0.0167. The third kappa shape index (κ3) is 2.39. The molecule has 1 heterocycles. The van der Waals surface area contributed by atoms with Crippen molar-refractivity contribution in [2.24, 2.45) is 0 Å². The predicted octanol–water partition coefficient (Wildman–Crippen LogP) is 1.78. The molecule has 17 heavy (non-hydrogen) atoms. The van der Waals surface area contributed by atoms with Gasteiger partial charge in [0.15, 0.2) is 11.5 Å². The molecule has 0 spiro atoms. The number of rotatable bonds is 3. The highest BCUT2D eigenvalue weighted by Gasteiger charge is 2.09. The molecule has 6 nitrogen and oxygen atoms in total. The Bertz CT molecular complexity index is 567. The summed E-state index contributed by atoms with van der Waals surface area (Å²) in [5, 5.41) is 20.9. The van der Waals surface area contributed by atoms with Crippen molar-refractivity contribution in [1.29, 1.82) is 0 Å². The third-order valence-corrected chi connectivity index (χ3v) is 3.14. The molecule has 3 N–H and O–H groups in total. The maximum atomic E-state index is 10.3. The van der Waals surface area contributed by atoms with Gasteiger partial charge in [-0.25, -0.2) is 9.78 Å². The van der Waals surface area contributed by atoms with E-state index < -0.39 is 6.09 Å². The SMILES string of the molecule is COc1cc2sc(CNC(=O)O)nc2cc1O. The molecular formula is C10H10N2O4S. The number of hydrogen-bond donors (Lipinski definition) is 3. The second-order valence-electron chi connectivity index (χ2n) is 3.26. The largest absolute Gasteiger partial charge is 0.504 e. The van der Waals surface area contributed by atoms with Crippen LogP contribution in [0.15, 0.2) is 12.1 Å². The van der Waals surface area contributed by atoms with E-state index in [1.807, 2.05) is 0 Å². The summed E-state index contributed by atoms with van der Waals surface area (Å²) in [5.74, 6) is 0.391. The van der Waals surface area contributed by atoms with Gasteiger partial charge in [0.2, 0.25) is 0 Å². The molecule has 0 saturated heterocycles. The maximum Gasteiger partial charge on any atom is 0.405 e. The van der Waals surface area contributed by atoms with Gasteiger partial charge in [0, 0.05) is 12.1 Å². The van der Waals surface area contributed by atoms with E-state index in [9.17, 15) is 9.90 Å². The van der Waals surface area contributed by atoms with Gasteiger partial charge in [-0.2, -0.15) is 0 Å². The molecule has 0 unspecified atom stereocenters. The van der Waals surface area contributed by atoms with Crippen molar-refractivity contribution < 1.29 is 19.7 Å². The minimum atomic E-state index is -1.09. The number of thiazole rings is 1. The number of ether oxygens (including phenoxy) is 1. The number of aromatic hydroxyl groups is 1. The summed E-state index contributed by atoms with van der Waals surface area (Å²) in [6.07, 6.45) is -1.09. The first-order valence-corrected chi connectivity index (χ1v) is 5.55. The Morgan fingerprint density at radius 1 is 1.59 bits per heavy atom. The molecule has 0 radical (unpaired) electrons. The number of fused-ring (bicyclic) bond motifs is 1. The van der Waals surface area contributed by atoms with Crippen LogP contribution in [0.25, 0.3) is 10.2 Å². The lowest BCUT2D eigenvalue weighted by Crippen LogP contribution is -2.19. The average molecular weight is 254 g/mol. The molecule has 0 bridgehead atoms. The van der Waals surface area contributed by atoms with Gasteiger partial charge < -0.3 is 20.3 Å². The summed E-state index contributed by atoms with van der Waals surface area (Å²) in [5.41, 5.74) is 0.621. The number of hydrogen-bond acceptors (Lipinski definition) is 5. The van der Waals surface area contributed by atoms with Crippen molar-refractivity contribution in [2.45, 2.75) is 6.54 Å². The lowest BCUT2D eigenvalue weighted by molar-refractivity contribution is 0.194. The molecule has 0 saturated carbocycles. The van der Waals surface area contributed by atoms with Crippen molar-refractivity contribution in [3.05, 3.63) is 17.1 Å². The van der Waals surface area contributed by atoms with Crippen LogP contribution < -0.4 is 10.1 Å². The van der Waals surface area contributed by atoms with Crippen LogP contribution in [0.4, 0.5) is 4.79 Å². The van der Waals surface area contributed by atoms with Gasteiger partial charge in [0.05, 0.1) is 23.9 Å². The van der Waals surface area contributed by atoms with Gasteiger partial charge in [0.1, 0.15) is 5.01 Å². The molecule has 0 aliphatic rings. The molecule has 0 fully saturated rings. The fourth-order valence-electron chi connectivity index (χ4n) is 1.38. The molecule has 90 valence electrons. The molecule has 0 aliphatic heterocycles. The number of carboxylic acid groups (broad SMARTS) is 1. The van der Waals surface area contributed by atoms with Crippen LogP contribution in [0.3, 0.4) is 0 Å². The highest BCUT2D eigenvalue weighted by atomic mass is 32.1. The molecule has 1 aromatic carbocycles. The van der Waals surface area contributed by atoms with Gasteiger partial charge in [-0.1, -0.05) is 0 Å². The molecular weight excluding hydrogens is 244 g/mol. The Kier molecular flexibility index (Phi) is 3.01. The number of phenolic OH excluding ortho intramolecular Hbond substituents is 1. The normalized spacial score (nSPS) is 10.4. The molecule has 0 aliphatic carbocycles. The molecule has 7 heteroatoms. The summed E-state index contributed by atoms with van der Waals surface area (Å²) in [6.45, 7) is 0.151. The van der Waals surface area contributed by atoms with E-state index in [2.05, 4.69) is 10.3 Å². The lowest BCUT2D eigenvalue weighted by atomic mass is 10.3. The number of nitrogens with one attached hydrogen (secondary N) is 1. The van der Waals surface area contributed by atoms with Crippen molar-refractivity contribution >= 4 is 27.6 Å². The number of methoxy groups -OCH3 is 1. The quantitative estimate of drug-likeness (QED) is 0.776. The summed E-state index contributed by atoms with van der Waals surface area (Å²) < 4.78 is 5.81. The van der Waals surface area contributed by atoms with E-state index in [0.29, 0.717) is 16.3 Å². The van der Waals surface area contributed by atoms with Crippen LogP contribution >= 0.6 is 11.3 Å². The minimum Gasteiger partial charge on any atom is -0.504 e. The van der Waals surface area contributed by atoms with E-state index in [0.717, 1.165) is 4.70 Å². The number of aromatic nitrogens is 1. The van der Waals surface area contributed by atoms with Crippen LogP contribution in [0.2, 0.25) is 0 Å². The molecule has 1 amide bonds. The number of benzene rings is 1. The fraction of sp³-hybridized carbons (Fsp3) is 0.200. The molecule has 2 aromatic rings. The van der Waals surface area contributed by atoms with Crippen LogP contribution in [-0.2, 0) is 6.54 Å². The maximum absolute atomic E-state index is 10.3. The summed E-state index contributed by atoms with van der Waals surface area (Å²) in [7, 11) is 1.47. The van der Waals surface area contributed by atoms with Gasteiger partial charge >= 0.3 is 6.09 Å². The summed E-state index contributed by atoms with van der Waals surface area (Å²) in [4.78, 5) is 14.5. The Balaban J connectivity index is 2.33. The third-order valence-electron chi connectivity index (χ3n) is 2.12. The average Bonchev–Trinajstić information content (AvgIpc) is 2.67. The highest BCUT2D eigenvalue weighted by molar-refractivity contribution is 7.18. The standard InChI is InChI=1S/C10H10N2O4S/c1-16-7-3-8-5(2-6(7)13)12-9(17-8)4-11-10(14)15/h2-3,11,13H,4H2,1H3,(H,14,15). The Morgan fingerprint density at radius 2 is 2.35 bits per heavy atom. The number of nitrogens with zero attached hydrogens (tertiary/aromatic N) is 1. The van der Waals surface area contributed by atoms with Crippen LogP contribution in [0.5, 0.6) is 11.5 Å².